The van der Waals surface area contributed by atoms with Crippen molar-refractivity contribution in [2.24, 2.45) is 0 Å². The second-order valence-electron chi connectivity index (χ2n) is 3.67. The molecule has 0 fully saturated rings. The Hall–Kier alpha value is -1.21. The molecule has 0 saturated carbocycles. The second-order valence-corrected chi connectivity index (χ2v) is 4.92. The standard InChI is InChI=1S/C13H13IN2O2/c1-17-7-6-10-2-4-12(5-3-10)18-13-15-8-11(14)9-16-13/h2-5,8-9H,6-7H2,1H3. The van der Waals surface area contributed by atoms with Crippen molar-refractivity contribution >= 4 is 22.6 Å². The van der Waals surface area contributed by atoms with E-state index in [0.717, 1.165) is 22.3 Å². The average Bonchev–Trinajstić information content (AvgIpc) is 2.41. The summed E-state index contributed by atoms with van der Waals surface area (Å²) in [5, 5.41) is 0. The summed E-state index contributed by atoms with van der Waals surface area (Å²) >= 11 is 2.15. The Morgan fingerprint density at radius 1 is 1.11 bits per heavy atom. The van der Waals surface area contributed by atoms with Gasteiger partial charge in [-0.3, -0.25) is 0 Å². The van der Waals surface area contributed by atoms with E-state index in [1.54, 1.807) is 19.5 Å². The van der Waals surface area contributed by atoms with Crippen molar-refractivity contribution in [1.82, 2.24) is 9.97 Å². The monoisotopic (exact) mass is 356 g/mol. The molecule has 5 heteroatoms. The van der Waals surface area contributed by atoms with Crippen LogP contribution in [0.3, 0.4) is 0 Å². The van der Waals surface area contributed by atoms with Crippen LogP contribution in [0.4, 0.5) is 0 Å². The third kappa shape index (κ3) is 3.92. The summed E-state index contributed by atoms with van der Waals surface area (Å²) in [5.74, 6) is 0.734. The van der Waals surface area contributed by atoms with E-state index in [9.17, 15) is 0 Å². The Morgan fingerprint density at radius 3 is 2.39 bits per heavy atom. The molecule has 0 atom stereocenters. The van der Waals surface area contributed by atoms with Gasteiger partial charge < -0.3 is 9.47 Å². The molecule has 0 spiro atoms. The van der Waals surface area contributed by atoms with Crippen LogP contribution in [-0.2, 0) is 11.2 Å². The van der Waals surface area contributed by atoms with Crippen LogP contribution in [0.5, 0.6) is 11.8 Å². The number of halogens is 1. The zero-order valence-corrected chi connectivity index (χ0v) is 12.1. The molecular formula is C13H13IN2O2. The summed E-state index contributed by atoms with van der Waals surface area (Å²) in [5.41, 5.74) is 1.22. The fraction of sp³-hybridized carbons (Fsp3) is 0.231. The molecule has 2 rings (SSSR count). The molecule has 0 amide bonds. The maximum absolute atomic E-state index is 5.54. The Balaban J connectivity index is 1.99. The van der Waals surface area contributed by atoms with Crippen molar-refractivity contribution in [3.8, 4) is 11.8 Å². The lowest BCUT2D eigenvalue weighted by Gasteiger charge is -2.05. The van der Waals surface area contributed by atoms with Crippen LogP contribution in [0, 0.1) is 3.57 Å². The van der Waals surface area contributed by atoms with Crippen molar-refractivity contribution < 1.29 is 9.47 Å². The number of aromatic nitrogens is 2. The minimum absolute atomic E-state index is 0.361. The summed E-state index contributed by atoms with van der Waals surface area (Å²) < 4.78 is 11.5. The molecular weight excluding hydrogens is 343 g/mol. The lowest BCUT2D eigenvalue weighted by atomic mass is 10.1. The van der Waals surface area contributed by atoms with Crippen LogP contribution in [0.2, 0.25) is 0 Å². The molecule has 0 aliphatic heterocycles. The van der Waals surface area contributed by atoms with Crippen LogP contribution in [0.25, 0.3) is 0 Å². The minimum Gasteiger partial charge on any atom is -0.424 e. The van der Waals surface area contributed by atoms with Crippen LogP contribution in [0.1, 0.15) is 5.56 Å². The fourth-order valence-electron chi connectivity index (χ4n) is 1.40. The maximum atomic E-state index is 5.54. The fourth-order valence-corrected chi connectivity index (χ4v) is 1.68. The predicted molar refractivity (Wildman–Crippen MR) is 76.8 cm³/mol. The summed E-state index contributed by atoms with van der Waals surface area (Å²) in [4.78, 5) is 8.17. The van der Waals surface area contributed by atoms with E-state index in [1.807, 2.05) is 24.3 Å². The second kappa shape index (κ2) is 6.65. The van der Waals surface area contributed by atoms with Gasteiger partial charge in [0.15, 0.2) is 0 Å². The number of methoxy groups -OCH3 is 1. The van der Waals surface area contributed by atoms with E-state index in [0.29, 0.717) is 6.01 Å². The Morgan fingerprint density at radius 2 is 1.78 bits per heavy atom. The van der Waals surface area contributed by atoms with Crippen LogP contribution < -0.4 is 4.74 Å². The summed E-state index contributed by atoms with van der Waals surface area (Å²) in [6.45, 7) is 0.723. The van der Waals surface area contributed by atoms with E-state index in [4.69, 9.17) is 9.47 Å². The quantitative estimate of drug-likeness (QED) is 0.773. The Bertz CT molecular complexity index is 485. The van der Waals surface area contributed by atoms with Gasteiger partial charge in [0, 0.05) is 23.1 Å². The van der Waals surface area contributed by atoms with Crippen LogP contribution in [0.15, 0.2) is 36.7 Å². The molecule has 0 bridgehead atoms. The Labute approximate surface area is 120 Å². The lowest BCUT2D eigenvalue weighted by molar-refractivity contribution is 0.202. The molecule has 94 valence electrons. The highest BCUT2D eigenvalue weighted by Gasteiger charge is 2.00. The minimum atomic E-state index is 0.361. The first-order valence-electron chi connectivity index (χ1n) is 5.51. The number of hydrogen-bond donors (Lipinski definition) is 0. The molecule has 0 N–H and O–H groups in total. The van der Waals surface area contributed by atoms with Crippen molar-refractivity contribution in [1.29, 1.82) is 0 Å². The summed E-state index contributed by atoms with van der Waals surface area (Å²) in [6, 6.07) is 8.21. The van der Waals surface area contributed by atoms with E-state index < -0.39 is 0 Å². The molecule has 0 unspecified atom stereocenters. The average molecular weight is 356 g/mol. The number of nitrogens with zero attached hydrogens (tertiary/aromatic N) is 2. The first-order valence-corrected chi connectivity index (χ1v) is 6.59. The third-order valence-corrected chi connectivity index (χ3v) is 2.88. The SMILES string of the molecule is COCCc1ccc(Oc2ncc(I)cn2)cc1. The third-order valence-electron chi connectivity index (χ3n) is 2.32. The van der Waals surface area contributed by atoms with E-state index in [2.05, 4.69) is 32.6 Å². The molecule has 1 aromatic heterocycles. The summed E-state index contributed by atoms with van der Waals surface area (Å²) in [7, 11) is 1.70. The van der Waals surface area contributed by atoms with Crippen LogP contribution >= 0.6 is 22.6 Å². The number of hydrogen-bond acceptors (Lipinski definition) is 4. The molecule has 18 heavy (non-hydrogen) atoms. The molecule has 0 saturated heterocycles. The van der Waals surface area contributed by atoms with Gasteiger partial charge in [-0.1, -0.05) is 12.1 Å². The summed E-state index contributed by atoms with van der Waals surface area (Å²) in [6.07, 6.45) is 4.34. The molecule has 2 aromatic rings. The number of ether oxygens (including phenoxy) is 2. The van der Waals surface area contributed by atoms with Crippen molar-refractivity contribution in [3.63, 3.8) is 0 Å². The van der Waals surface area contributed by atoms with E-state index >= 15 is 0 Å². The molecule has 0 radical (unpaired) electrons. The number of rotatable bonds is 5. The zero-order chi connectivity index (χ0) is 12.8. The molecule has 0 aliphatic carbocycles. The zero-order valence-electron chi connectivity index (χ0n) is 9.97. The van der Waals surface area contributed by atoms with Crippen LogP contribution in [-0.4, -0.2) is 23.7 Å². The topological polar surface area (TPSA) is 44.2 Å². The molecule has 0 aliphatic rings. The first-order chi connectivity index (χ1) is 8.78. The Kier molecular flexibility index (Phi) is 4.89. The molecule has 4 nitrogen and oxygen atoms in total. The lowest BCUT2D eigenvalue weighted by Crippen LogP contribution is -1.95. The van der Waals surface area contributed by atoms with Gasteiger partial charge in [-0.05, 0) is 46.7 Å². The highest BCUT2D eigenvalue weighted by molar-refractivity contribution is 14.1. The van der Waals surface area contributed by atoms with Gasteiger partial charge in [-0.2, -0.15) is 0 Å². The van der Waals surface area contributed by atoms with Gasteiger partial charge in [0.1, 0.15) is 5.75 Å². The maximum Gasteiger partial charge on any atom is 0.321 e. The number of benzene rings is 1. The van der Waals surface area contributed by atoms with E-state index in [1.165, 1.54) is 5.56 Å². The van der Waals surface area contributed by atoms with E-state index in [-0.39, 0.29) is 0 Å². The van der Waals surface area contributed by atoms with Gasteiger partial charge in [-0.25, -0.2) is 9.97 Å². The van der Waals surface area contributed by atoms with Crippen molar-refractivity contribution in [2.45, 2.75) is 6.42 Å². The predicted octanol–water partition coefficient (Wildman–Crippen LogP) is 3.06. The van der Waals surface area contributed by atoms with Crippen molar-refractivity contribution in [3.05, 3.63) is 45.8 Å². The van der Waals surface area contributed by atoms with Gasteiger partial charge in [-0.15, -0.1) is 0 Å². The molecule has 1 aromatic carbocycles. The molecule has 1 heterocycles. The van der Waals surface area contributed by atoms with Gasteiger partial charge in [0.2, 0.25) is 0 Å². The first kappa shape index (κ1) is 13.2. The van der Waals surface area contributed by atoms with Gasteiger partial charge >= 0.3 is 6.01 Å². The normalized spacial score (nSPS) is 10.3. The highest BCUT2D eigenvalue weighted by Crippen LogP contribution is 2.18. The van der Waals surface area contributed by atoms with Crippen molar-refractivity contribution in [2.75, 3.05) is 13.7 Å². The smallest absolute Gasteiger partial charge is 0.321 e. The van der Waals surface area contributed by atoms with Gasteiger partial charge in [0.25, 0.3) is 0 Å². The highest BCUT2D eigenvalue weighted by atomic mass is 127. The van der Waals surface area contributed by atoms with Gasteiger partial charge in [0.05, 0.1) is 6.61 Å². The largest absolute Gasteiger partial charge is 0.424 e.